The predicted molar refractivity (Wildman–Crippen MR) is 68.8 cm³/mol. The molecule has 1 atom stereocenters. The molecule has 0 radical (unpaired) electrons. The fourth-order valence-corrected chi connectivity index (χ4v) is 2.67. The maximum Gasteiger partial charge on any atom is 0.0615 e. The van der Waals surface area contributed by atoms with Crippen molar-refractivity contribution in [3.63, 3.8) is 0 Å². The van der Waals surface area contributed by atoms with Gasteiger partial charge in [-0.1, -0.05) is 19.8 Å². The van der Waals surface area contributed by atoms with Gasteiger partial charge >= 0.3 is 0 Å². The molecule has 0 aliphatic heterocycles. The zero-order chi connectivity index (χ0) is 12.0. The van der Waals surface area contributed by atoms with E-state index in [0.29, 0.717) is 11.6 Å². The van der Waals surface area contributed by atoms with Crippen LogP contribution in [0.15, 0.2) is 0 Å². The van der Waals surface area contributed by atoms with Crippen LogP contribution in [0.5, 0.6) is 0 Å². The molecule has 1 aliphatic carbocycles. The summed E-state index contributed by atoms with van der Waals surface area (Å²) in [4.78, 5) is 2.41. The van der Waals surface area contributed by atoms with E-state index in [1.165, 1.54) is 25.7 Å². The van der Waals surface area contributed by atoms with E-state index in [4.69, 9.17) is 4.74 Å². The molecule has 16 heavy (non-hydrogen) atoms. The summed E-state index contributed by atoms with van der Waals surface area (Å²) in [5.41, 5.74) is 0.390. The van der Waals surface area contributed by atoms with Crippen molar-refractivity contribution >= 4 is 0 Å². The molecule has 1 rings (SSSR count). The Balaban J connectivity index is 2.43. The van der Waals surface area contributed by atoms with Gasteiger partial charge in [-0.2, -0.15) is 0 Å². The summed E-state index contributed by atoms with van der Waals surface area (Å²) < 4.78 is 5.23. The van der Waals surface area contributed by atoms with Crippen LogP contribution in [0.1, 0.15) is 39.0 Å². The smallest absolute Gasteiger partial charge is 0.0615 e. The average molecular weight is 228 g/mol. The number of nitrogens with one attached hydrogen (secondary N) is 1. The Kier molecular flexibility index (Phi) is 5.73. The summed E-state index contributed by atoms with van der Waals surface area (Å²) in [5.74, 6) is 0. The minimum Gasteiger partial charge on any atom is -0.383 e. The van der Waals surface area contributed by atoms with Gasteiger partial charge < -0.3 is 15.0 Å². The van der Waals surface area contributed by atoms with Gasteiger partial charge in [0.1, 0.15) is 0 Å². The zero-order valence-electron chi connectivity index (χ0n) is 11.4. The minimum absolute atomic E-state index is 0.390. The summed E-state index contributed by atoms with van der Waals surface area (Å²) in [6.07, 6.45) is 6.55. The first-order valence-electron chi connectivity index (χ1n) is 6.54. The Morgan fingerprint density at radius 1 is 1.31 bits per heavy atom. The number of methoxy groups -OCH3 is 1. The largest absolute Gasteiger partial charge is 0.383 e. The number of nitrogens with zero attached hydrogens (tertiary/aromatic N) is 1. The van der Waals surface area contributed by atoms with E-state index in [1.54, 1.807) is 7.11 Å². The van der Waals surface area contributed by atoms with Gasteiger partial charge in [0.2, 0.25) is 0 Å². The lowest BCUT2D eigenvalue weighted by molar-refractivity contribution is 0.125. The second-order valence-electron chi connectivity index (χ2n) is 5.27. The van der Waals surface area contributed by atoms with E-state index in [9.17, 15) is 0 Å². The SMILES string of the molecule is CCC(COC)NCC1(N(C)C)CCCC1. The van der Waals surface area contributed by atoms with Crippen LogP contribution >= 0.6 is 0 Å². The van der Waals surface area contributed by atoms with Gasteiger partial charge in [-0.25, -0.2) is 0 Å². The highest BCUT2D eigenvalue weighted by Gasteiger charge is 2.35. The molecular formula is C13H28N2O. The first kappa shape index (κ1) is 13.9. The van der Waals surface area contributed by atoms with Crippen LogP contribution < -0.4 is 5.32 Å². The van der Waals surface area contributed by atoms with Gasteiger partial charge in [0.05, 0.1) is 6.61 Å². The summed E-state index contributed by atoms with van der Waals surface area (Å²) in [7, 11) is 6.20. The monoisotopic (exact) mass is 228 g/mol. The second kappa shape index (κ2) is 6.58. The van der Waals surface area contributed by atoms with Crippen molar-refractivity contribution in [2.45, 2.75) is 50.6 Å². The van der Waals surface area contributed by atoms with Crippen LogP contribution in [0.25, 0.3) is 0 Å². The van der Waals surface area contributed by atoms with Crippen LogP contribution in [0.2, 0.25) is 0 Å². The van der Waals surface area contributed by atoms with Gasteiger partial charge in [0.15, 0.2) is 0 Å². The van der Waals surface area contributed by atoms with Gasteiger partial charge in [-0.15, -0.1) is 0 Å². The van der Waals surface area contributed by atoms with Crippen molar-refractivity contribution in [1.29, 1.82) is 0 Å². The molecule has 3 nitrogen and oxygen atoms in total. The van der Waals surface area contributed by atoms with Crippen LogP contribution in [-0.2, 0) is 4.74 Å². The van der Waals surface area contributed by atoms with Crippen molar-refractivity contribution in [2.24, 2.45) is 0 Å². The Bertz CT molecular complexity index is 188. The van der Waals surface area contributed by atoms with Crippen molar-refractivity contribution in [3.8, 4) is 0 Å². The van der Waals surface area contributed by atoms with E-state index in [0.717, 1.165) is 19.6 Å². The normalized spacial score (nSPS) is 21.6. The number of hydrogen-bond donors (Lipinski definition) is 1. The molecule has 96 valence electrons. The first-order valence-corrected chi connectivity index (χ1v) is 6.54. The molecule has 0 aromatic rings. The molecule has 0 heterocycles. The third-order valence-electron chi connectivity index (χ3n) is 4.06. The van der Waals surface area contributed by atoms with Gasteiger partial charge in [0.25, 0.3) is 0 Å². The van der Waals surface area contributed by atoms with Gasteiger partial charge in [-0.3, -0.25) is 0 Å². The molecule has 0 aromatic heterocycles. The lowest BCUT2D eigenvalue weighted by Crippen LogP contribution is -2.52. The first-order chi connectivity index (χ1) is 7.64. The Hall–Kier alpha value is -0.120. The third kappa shape index (κ3) is 3.44. The predicted octanol–water partition coefficient (Wildman–Crippen LogP) is 1.88. The molecule has 0 bridgehead atoms. The molecule has 1 fully saturated rings. The average Bonchev–Trinajstić information content (AvgIpc) is 2.74. The molecule has 1 N–H and O–H groups in total. The highest BCUT2D eigenvalue weighted by Crippen LogP contribution is 2.33. The fraction of sp³-hybridized carbons (Fsp3) is 1.00. The van der Waals surface area contributed by atoms with Crippen molar-refractivity contribution in [2.75, 3.05) is 34.4 Å². The summed E-state index contributed by atoms with van der Waals surface area (Å²) in [6, 6.07) is 0.502. The molecule has 1 unspecified atom stereocenters. The van der Waals surface area contributed by atoms with E-state index in [-0.39, 0.29) is 0 Å². The molecular weight excluding hydrogens is 200 g/mol. The lowest BCUT2D eigenvalue weighted by Gasteiger charge is -2.37. The number of ether oxygens (including phenoxy) is 1. The molecule has 0 aromatic carbocycles. The summed E-state index contributed by atoms with van der Waals surface area (Å²) in [6.45, 7) is 4.13. The van der Waals surface area contributed by atoms with E-state index in [2.05, 4.69) is 31.2 Å². The van der Waals surface area contributed by atoms with Gasteiger partial charge in [0, 0.05) is 25.2 Å². The van der Waals surface area contributed by atoms with E-state index in [1.807, 2.05) is 0 Å². The highest BCUT2D eigenvalue weighted by atomic mass is 16.5. The van der Waals surface area contributed by atoms with Gasteiger partial charge in [-0.05, 0) is 33.4 Å². The minimum atomic E-state index is 0.390. The van der Waals surface area contributed by atoms with Crippen LogP contribution in [0, 0.1) is 0 Å². The number of rotatable bonds is 7. The van der Waals surface area contributed by atoms with Crippen LogP contribution in [0.4, 0.5) is 0 Å². The standard InChI is InChI=1S/C13H28N2O/c1-5-12(10-16-4)14-11-13(15(2)3)8-6-7-9-13/h12,14H,5-11H2,1-4H3. The quantitative estimate of drug-likeness (QED) is 0.720. The molecule has 0 saturated heterocycles. The molecule has 1 aliphatic rings. The Labute approximate surface area is 101 Å². The maximum absolute atomic E-state index is 5.23. The Morgan fingerprint density at radius 3 is 2.38 bits per heavy atom. The third-order valence-corrected chi connectivity index (χ3v) is 4.06. The molecule has 1 saturated carbocycles. The van der Waals surface area contributed by atoms with E-state index < -0.39 is 0 Å². The second-order valence-corrected chi connectivity index (χ2v) is 5.27. The molecule has 3 heteroatoms. The van der Waals surface area contributed by atoms with Crippen LogP contribution in [-0.4, -0.2) is 50.8 Å². The lowest BCUT2D eigenvalue weighted by atomic mass is 9.95. The number of hydrogen-bond acceptors (Lipinski definition) is 3. The Morgan fingerprint density at radius 2 is 1.94 bits per heavy atom. The summed E-state index contributed by atoms with van der Waals surface area (Å²) >= 11 is 0. The summed E-state index contributed by atoms with van der Waals surface area (Å²) in [5, 5.41) is 3.67. The van der Waals surface area contributed by atoms with Crippen molar-refractivity contribution in [3.05, 3.63) is 0 Å². The number of likely N-dealkylation sites (N-methyl/N-ethyl adjacent to an activating group) is 1. The fourth-order valence-electron chi connectivity index (χ4n) is 2.67. The van der Waals surface area contributed by atoms with Crippen molar-refractivity contribution < 1.29 is 4.74 Å². The molecule has 0 spiro atoms. The highest BCUT2D eigenvalue weighted by molar-refractivity contribution is 4.95. The zero-order valence-corrected chi connectivity index (χ0v) is 11.4. The maximum atomic E-state index is 5.23. The van der Waals surface area contributed by atoms with E-state index >= 15 is 0 Å². The van der Waals surface area contributed by atoms with Crippen molar-refractivity contribution in [1.82, 2.24) is 10.2 Å². The molecule has 0 amide bonds. The van der Waals surface area contributed by atoms with Crippen LogP contribution in [0.3, 0.4) is 0 Å². The topological polar surface area (TPSA) is 24.5 Å².